The molecule has 7 heteroatoms. The monoisotopic (exact) mass is 262 g/mol. The summed E-state index contributed by atoms with van der Waals surface area (Å²) >= 11 is 0. The first kappa shape index (κ1) is 14.8. The molecule has 0 spiro atoms. The number of nitriles is 1. The predicted molar refractivity (Wildman–Crippen MR) is 55.7 cm³/mol. The second-order valence-electron chi connectivity index (χ2n) is 3.56. The molecule has 2 rings (SSSR count). The molecule has 0 N–H and O–H groups in total. The van der Waals surface area contributed by atoms with Gasteiger partial charge in [0.1, 0.15) is 0 Å². The molecule has 1 aromatic carbocycles. The maximum atomic E-state index is 12.3. The van der Waals surface area contributed by atoms with Crippen molar-refractivity contribution in [3.05, 3.63) is 36.0 Å². The van der Waals surface area contributed by atoms with Crippen molar-refractivity contribution < 1.29 is 64.3 Å². The molecule has 0 radical (unpaired) electrons. The zero-order valence-electron chi connectivity index (χ0n) is 9.20. The van der Waals surface area contributed by atoms with Crippen LogP contribution in [0.5, 0.6) is 0 Å². The normalized spacial score (nSPS) is 10.9. The molecular weight excluding hydrogens is 255 g/mol. The van der Waals surface area contributed by atoms with Gasteiger partial charge in [-0.3, -0.25) is 0 Å². The molecule has 0 saturated carbocycles. The van der Waals surface area contributed by atoms with Crippen LogP contribution < -0.4 is 51.4 Å². The molecule has 0 bridgehead atoms. The molecule has 1 heterocycles. The van der Waals surface area contributed by atoms with Gasteiger partial charge in [-0.15, -0.1) is 0 Å². The van der Waals surface area contributed by atoms with Crippen molar-refractivity contribution in [3.63, 3.8) is 0 Å². The average molecular weight is 262 g/mol. The van der Waals surface area contributed by atoms with Crippen LogP contribution in [0.15, 0.2) is 30.5 Å². The Balaban J connectivity index is 0.00000144. The quantitative estimate of drug-likeness (QED) is 0.695. The van der Waals surface area contributed by atoms with Gasteiger partial charge in [-0.1, -0.05) is 0 Å². The molecule has 0 saturated heterocycles. The molecule has 0 aliphatic heterocycles. The van der Waals surface area contributed by atoms with E-state index in [0.717, 1.165) is 4.57 Å². The van der Waals surface area contributed by atoms with E-state index < -0.39 is 13.4 Å². The molecule has 0 aliphatic rings. The summed E-state index contributed by atoms with van der Waals surface area (Å²) in [5.74, 6) is 0. The Morgan fingerprint density at radius 3 is 2.53 bits per heavy atom. The Labute approximate surface area is 139 Å². The summed E-state index contributed by atoms with van der Waals surface area (Å²) in [5, 5.41) is 9.31. The topological polar surface area (TPSA) is 28.7 Å². The SMILES string of the molecule is N#Cc1ccc2c(ccn2C[B-](F)(F)F)c1.[K+]. The van der Waals surface area contributed by atoms with Crippen molar-refractivity contribution in [2.45, 2.75) is 6.44 Å². The van der Waals surface area contributed by atoms with Crippen LogP contribution in [0.3, 0.4) is 0 Å². The van der Waals surface area contributed by atoms with Crippen molar-refractivity contribution in [1.82, 2.24) is 4.57 Å². The third kappa shape index (κ3) is 3.60. The molecule has 0 atom stereocenters. The van der Waals surface area contributed by atoms with Crippen molar-refractivity contribution in [1.29, 1.82) is 5.26 Å². The number of nitrogens with zero attached hydrogens (tertiary/aromatic N) is 2. The zero-order valence-corrected chi connectivity index (χ0v) is 12.3. The minimum absolute atomic E-state index is 0. The molecule has 0 aliphatic carbocycles. The average Bonchev–Trinajstić information content (AvgIpc) is 2.58. The molecule has 0 unspecified atom stereocenters. The van der Waals surface area contributed by atoms with E-state index in [2.05, 4.69) is 0 Å². The van der Waals surface area contributed by atoms with Gasteiger partial charge in [-0.05, 0) is 30.7 Å². The van der Waals surface area contributed by atoms with E-state index in [-0.39, 0.29) is 51.4 Å². The standard InChI is InChI=1S/C10H7BF3N2.K/c12-11(13,14)7-16-4-3-9-5-8(6-15)1-2-10(9)16;/h1-5H,7H2;/q-1;+1. The fourth-order valence-corrected chi connectivity index (χ4v) is 1.65. The van der Waals surface area contributed by atoms with E-state index in [1.807, 2.05) is 6.07 Å². The molecule has 1 aromatic heterocycles. The van der Waals surface area contributed by atoms with Crippen LogP contribution in [-0.2, 0) is 6.44 Å². The maximum Gasteiger partial charge on any atom is 1.00 e. The summed E-state index contributed by atoms with van der Waals surface area (Å²) in [4.78, 5) is 0. The first-order chi connectivity index (χ1) is 7.49. The molecule has 2 nitrogen and oxygen atoms in total. The van der Waals surface area contributed by atoms with Crippen molar-refractivity contribution >= 4 is 17.9 Å². The van der Waals surface area contributed by atoms with E-state index in [1.54, 1.807) is 12.1 Å². The number of fused-ring (bicyclic) bond motifs is 1. The van der Waals surface area contributed by atoms with Crippen LogP contribution >= 0.6 is 0 Å². The Kier molecular flexibility index (Phi) is 4.87. The van der Waals surface area contributed by atoms with Gasteiger partial charge >= 0.3 is 58.4 Å². The van der Waals surface area contributed by atoms with Crippen LogP contribution in [0.1, 0.15) is 5.56 Å². The van der Waals surface area contributed by atoms with Gasteiger partial charge in [0, 0.05) is 17.1 Å². The van der Waals surface area contributed by atoms with Crippen molar-refractivity contribution in [2.75, 3.05) is 0 Å². The first-order valence-corrected chi connectivity index (χ1v) is 4.69. The third-order valence-electron chi connectivity index (χ3n) is 2.30. The summed E-state index contributed by atoms with van der Waals surface area (Å²) in [5.41, 5.74) is 0.945. The van der Waals surface area contributed by atoms with Crippen LogP contribution in [0.4, 0.5) is 12.9 Å². The van der Waals surface area contributed by atoms with E-state index in [0.29, 0.717) is 16.5 Å². The number of aromatic nitrogens is 1. The van der Waals surface area contributed by atoms with E-state index in [4.69, 9.17) is 5.26 Å². The van der Waals surface area contributed by atoms with Crippen LogP contribution in [0.2, 0.25) is 0 Å². The van der Waals surface area contributed by atoms with E-state index in [9.17, 15) is 12.9 Å². The number of benzene rings is 1. The molecule has 17 heavy (non-hydrogen) atoms. The first-order valence-electron chi connectivity index (χ1n) is 4.69. The Morgan fingerprint density at radius 2 is 1.94 bits per heavy atom. The van der Waals surface area contributed by atoms with Crippen LogP contribution in [0, 0.1) is 11.3 Å². The summed E-state index contributed by atoms with van der Waals surface area (Å²) in [6.45, 7) is -4.85. The molecular formula is C10H7BF3KN2. The Bertz CT molecular complexity index is 571. The van der Waals surface area contributed by atoms with E-state index in [1.165, 1.54) is 18.3 Å². The van der Waals surface area contributed by atoms with Crippen LogP contribution in [0.25, 0.3) is 10.9 Å². The van der Waals surface area contributed by atoms with Gasteiger partial charge < -0.3 is 17.5 Å². The summed E-state index contributed by atoms with van der Waals surface area (Å²) in [6, 6.07) is 8.16. The van der Waals surface area contributed by atoms with Gasteiger partial charge in [-0.25, -0.2) is 0 Å². The predicted octanol–water partition coefficient (Wildman–Crippen LogP) is -0.0964. The second kappa shape index (κ2) is 5.59. The zero-order chi connectivity index (χ0) is 11.8. The third-order valence-corrected chi connectivity index (χ3v) is 2.30. The smallest absolute Gasteiger partial charge is 0.448 e. The minimum Gasteiger partial charge on any atom is -0.448 e. The van der Waals surface area contributed by atoms with Crippen molar-refractivity contribution in [2.24, 2.45) is 0 Å². The fourth-order valence-electron chi connectivity index (χ4n) is 1.65. The second-order valence-corrected chi connectivity index (χ2v) is 3.56. The minimum atomic E-state index is -4.85. The Morgan fingerprint density at radius 1 is 1.24 bits per heavy atom. The fraction of sp³-hybridized carbons (Fsp3) is 0.100. The Hall–Kier alpha value is -0.259. The van der Waals surface area contributed by atoms with E-state index >= 15 is 0 Å². The molecule has 0 amide bonds. The van der Waals surface area contributed by atoms with Crippen molar-refractivity contribution in [3.8, 4) is 6.07 Å². The summed E-state index contributed by atoms with van der Waals surface area (Å²) < 4.78 is 38.0. The summed E-state index contributed by atoms with van der Waals surface area (Å²) in [7, 11) is 0. The summed E-state index contributed by atoms with van der Waals surface area (Å²) in [6.07, 6.45) is 0.441. The maximum absolute atomic E-state index is 12.3. The number of hydrogen-bond donors (Lipinski definition) is 0. The van der Waals surface area contributed by atoms with Gasteiger partial charge in [-0.2, -0.15) is 5.26 Å². The van der Waals surface area contributed by atoms with Gasteiger partial charge in [0.15, 0.2) is 0 Å². The number of halogens is 3. The largest absolute Gasteiger partial charge is 1.00 e. The van der Waals surface area contributed by atoms with Gasteiger partial charge in [0.05, 0.1) is 11.6 Å². The molecule has 0 fully saturated rings. The van der Waals surface area contributed by atoms with Gasteiger partial charge in [0.25, 0.3) is 0 Å². The van der Waals surface area contributed by atoms with Gasteiger partial charge in [0.2, 0.25) is 0 Å². The number of rotatable bonds is 2. The number of hydrogen-bond acceptors (Lipinski definition) is 1. The van der Waals surface area contributed by atoms with Crippen LogP contribution in [-0.4, -0.2) is 11.5 Å². The molecule has 2 aromatic rings. The molecule has 82 valence electrons.